The molecule has 2 N–H and O–H groups in total. The highest BCUT2D eigenvalue weighted by Gasteiger charge is 2.16. The van der Waals surface area contributed by atoms with Gasteiger partial charge in [0.1, 0.15) is 6.04 Å². The predicted molar refractivity (Wildman–Crippen MR) is 109 cm³/mol. The minimum Gasteiger partial charge on any atom is -0.324 e. The molecule has 3 aromatic rings. The number of amides is 3. The first-order chi connectivity index (χ1) is 13.4. The van der Waals surface area contributed by atoms with Crippen LogP contribution in [0, 0.1) is 6.92 Å². The van der Waals surface area contributed by atoms with E-state index >= 15 is 0 Å². The number of urea groups is 1. The molecule has 28 heavy (non-hydrogen) atoms. The summed E-state index contributed by atoms with van der Waals surface area (Å²) in [5, 5.41) is 10.7. The van der Waals surface area contributed by atoms with Gasteiger partial charge in [-0.05, 0) is 38.1 Å². The summed E-state index contributed by atoms with van der Waals surface area (Å²) in [6.45, 7) is 4.18. The van der Waals surface area contributed by atoms with E-state index in [4.69, 9.17) is 0 Å². The summed E-state index contributed by atoms with van der Waals surface area (Å²) in [5.41, 5.74) is 1.20. The second-order valence-corrected chi connectivity index (χ2v) is 7.68. The van der Waals surface area contributed by atoms with E-state index in [2.05, 4.69) is 20.7 Å². The van der Waals surface area contributed by atoms with E-state index in [1.54, 1.807) is 83.8 Å². The standard InChI is InChI=1S/C19H22N6O2S/c1-13(25-9-5-8-21-25)18(26)22-15-6-4-7-16(10-15)23-19(27)24(3)12-17-11-20-14(2)28-17/h4-11,13H,12H2,1-3H3,(H,22,26)(H,23,27)/t13-/m0/s1. The third kappa shape index (κ3) is 4.95. The number of benzene rings is 1. The van der Waals surface area contributed by atoms with Crippen molar-refractivity contribution in [1.82, 2.24) is 19.7 Å². The Kier molecular flexibility index (Phi) is 6.05. The Morgan fingerprint density at radius 1 is 1.25 bits per heavy atom. The van der Waals surface area contributed by atoms with E-state index in [1.165, 1.54) is 0 Å². The van der Waals surface area contributed by atoms with E-state index in [0.29, 0.717) is 17.9 Å². The Bertz CT molecular complexity index is 953. The first-order valence-corrected chi connectivity index (χ1v) is 9.57. The number of carbonyl (C=O) groups is 2. The van der Waals surface area contributed by atoms with E-state index in [0.717, 1.165) is 9.88 Å². The Morgan fingerprint density at radius 2 is 2.00 bits per heavy atom. The molecule has 0 bridgehead atoms. The fourth-order valence-electron chi connectivity index (χ4n) is 2.55. The molecule has 2 heterocycles. The lowest BCUT2D eigenvalue weighted by atomic mass is 10.2. The third-order valence-electron chi connectivity index (χ3n) is 4.09. The van der Waals surface area contributed by atoms with Gasteiger partial charge in [-0.15, -0.1) is 11.3 Å². The van der Waals surface area contributed by atoms with Gasteiger partial charge in [0, 0.05) is 41.9 Å². The molecule has 0 saturated heterocycles. The van der Waals surface area contributed by atoms with Crippen LogP contribution in [0.5, 0.6) is 0 Å². The summed E-state index contributed by atoms with van der Waals surface area (Å²) in [7, 11) is 1.72. The maximum atomic E-state index is 12.4. The maximum absolute atomic E-state index is 12.4. The summed E-state index contributed by atoms with van der Waals surface area (Å²) in [6.07, 6.45) is 5.14. The van der Waals surface area contributed by atoms with Crippen molar-refractivity contribution < 1.29 is 9.59 Å². The third-order valence-corrected chi connectivity index (χ3v) is 4.99. The van der Waals surface area contributed by atoms with Crippen LogP contribution >= 0.6 is 11.3 Å². The summed E-state index contributed by atoms with van der Waals surface area (Å²) < 4.78 is 1.58. The van der Waals surface area contributed by atoms with Crippen molar-refractivity contribution in [2.24, 2.45) is 0 Å². The first kappa shape index (κ1) is 19.6. The molecule has 146 valence electrons. The molecule has 1 atom stereocenters. The van der Waals surface area contributed by atoms with Crippen LogP contribution in [-0.4, -0.2) is 38.7 Å². The summed E-state index contributed by atoms with van der Waals surface area (Å²) in [5.74, 6) is -0.190. The van der Waals surface area contributed by atoms with Gasteiger partial charge in [0.05, 0.1) is 11.6 Å². The van der Waals surface area contributed by atoms with Gasteiger partial charge < -0.3 is 15.5 Å². The lowest BCUT2D eigenvalue weighted by Crippen LogP contribution is -2.30. The summed E-state index contributed by atoms with van der Waals surface area (Å²) in [4.78, 5) is 31.6. The van der Waals surface area contributed by atoms with Crippen molar-refractivity contribution in [3.63, 3.8) is 0 Å². The van der Waals surface area contributed by atoms with Gasteiger partial charge in [0.25, 0.3) is 0 Å². The fourth-order valence-corrected chi connectivity index (χ4v) is 3.40. The number of aromatic nitrogens is 3. The first-order valence-electron chi connectivity index (χ1n) is 8.76. The highest BCUT2D eigenvalue weighted by molar-refractivity contribution is 7.11. The fraction of sp³-hybridized carbons (Fsp3) is 0.263. The number of hydrogen-bond donors (Lipinski definition) is 2. The Morgan fingerprint density at radius 3 is 2.64 bits per heavy atom. The average Bonchev–Trinajstić information content (AvgIpc) is 3.33. The van der Waals surface area contributed by atoms with Crippen LogP contribution in [-0.2, 0) is 11.3 Å². The predicted octanol–water partition coefficient (Wildman–Crippen LogP) is 3.51. The quantitative estimate of drug-likeness (QED) is 0.665. The smallest absolute Gasteiger partial charge is 0.321 e. The number of anilines is 2. The van der Waals surface area contributed by atoms with Gasteiger partial charge in [-0.25, -0.2) is 9.78 Å². The average molecular weight is 398 g/mol. The molecule has 0 aliphatic carbocycles. The van der Waals surface area contributed by atoms with Crippen molar-refractivity contribution in [2.75, 3.05) is 17.7 Å². The zero-order chi connectivity index (χ0) is 20.1. The molecule has 9 heteroatoms. The monoisotopic (exact) mass is 398 g/mol. The van der Waals surface area contributed by atoms with Crippen molar-refractivity contribution in [2.45, 2.75) is 26.4 Å². The van der Waals surface area contributed by atoms with Gasteiger partial charge >= 0.3 is 6.03 Å². The Labute approximate surface area is 167 Å². The lowest BCUT2D eigenvalue weighted by Gasteiger charge is -2.17. The van der Waals surface area contributed by atoms with Crippen LogP contribution in [0.3, 0.4) is 0 Å². The molecule has 0 spiro atoms. The van der Waals surface area contributed by atoms with Crippen LogP contribution in [0.15, 0.2) is 48.9 Å². The Balaban J connectivity index is 1.59. The number of nitrogens with one attached hydrogen (secondary N) is 2. The topological polar surface area (TPSA) is 92.2 Å². The molecule has 0 unspecified atom stereocenters. The van der Waals surface area contributed by atoms with Crippen molar-refractivity contribution in [3.8, 4) is 0 Å². The molecule has 3 rings (SSSR count). The SMILES string of the molecule is Cc1ncc(CN(C)C(=O)Nc2cccc(NC(=O)[C@H](C)n3cccn3)c2)s1. The van der Waals surface area contributed by atoms with Crippen LogP contribution in [0.1, 0.15) is 22.9 Å². The van der Waals surface area contributed by atoms with Crippen LogP contribution < -0.4 is 10.6 Å². The molecule has 3 amide bonds. The Hall–Kier alpha value is -3.20. The summed E-state index contributed by atoms with van der Waals surface area (Å²) in [6, 6.07) is 8.13. The number of aryl methyl sites for hydroxylation is 1. The number of hydrogen-bond acceptors (Lipinski definition) is 5. The lowest BCUT2D eigenvalue weighted by molar-refractivity contribution is -0.119. The minimum absolute atomic E-state index is 0.190. The minimum atomic E-state index is -0.442. The molecule has 0 radical (unpaired) electrons. The number of thiazole rings is 1. The van der Waals surface area contributed by atoms with Crippen LogP contribution in [0.4, 0.5) is 16.2 Å². The molecule has 0 saturated carbocycles. The molecule has 8 nitrogen and oxygen atoms in total. The highest BCUT2D eigenvalue weighted by atomic mass is 32.1. The largest absolute Gasteiger partial charge is 0.324 e. The van der Waals surface area contributed by atoms with E-state index < -0.39 is 6.04 Å². The van der Waals surface area contributed by atoms with Gasteiger partial charge in [-0.3, -0.25) is 9.48 Å². The molecule has 0 fully saturated rings. The zero-order valence-electron chi connectivity index (χ0n) is 15.9. The van der Waals surface area contributed by atoms with Gasteiger partial charge in [-0.2, -0.15) is 5.10 Å². The second-order valence-electron chi connectivity index (χ2n) is 6.36. The number of nitrogens with zero attached hydrogens (tertiary/aromatic N) is 4. The maximum Gasteiger partial charge on any atom is 0.321 e. The molecular formula is C19H22N6O2S. The van der Waals surface area contributed by atoms with Gasteiger partial charge in [0.2, 0.25) is 5.91 Å². The molecule has 2 aromatic heterocycles. The normalized spacial score (nSPS) is 11.7. The molecule has 0 aliphatic heterocycles. The zero-order valence-corrected chi connectivity index (χ0v) is 16.7. The van der Waals surface area contributed by atoms with E-state index in [9.17, 15) is 9.59 Å². The van der Waals surface area contributed by atoms with E-state index in [1.807, 2.05) is 6.92 Å². The molecule has 0 aliphatic rings. The number of carbonyl (C=O) groups excluding carboxylic acids is 2. The second kappa shape index (κ2) is 8.66. The number of rotatable bonds is 6. The summed E-state index contributed by atoms with van der Waals surface area (Å²) >= 11 is 1.56. The van der Waals surface area contributed by atoms with Gasteiger partial charge in [-0.1, -0.05) is 6.07 Å². The van der Waals surface area contributed by atoms with Crippen LogP contribution in [0.2, 0.25) is 0 Å². The van der Waals surface area contributed by atoms with Gasteiger partial charge in [0.15, 0.2) is 0 Å². The van der Waals surface area contributed by atoms with Crippen molar-refractivity contribution in [1.29, 1.82) is 0 Å². The molecular weight excluding hydrogens is 376 g/mol. The van der Waals surface area contributed by atoms with Crippen LogP contribution in [0.25, 0.3) is 0 Å². The van der Waals surface area contributed by atoms with E-state index in [-0.39, 0.29) is 11.9 Å². The van der Waals surface area contributed by atoms with Crippen molar-refractivity contribution >= 4 is 34.6 Å². The highest BCUT2D eigenvalue weighted by Crippen LogP contribution is 2.18. The van der Waals surface area contributed by atoms with Crippen molar-refractivity contribution in [3.05, 3.63) is 58.8 Å². The molecule has 1 aromatic carbocycles.